The van der Waals surface area contributed by atoms with E-state index in [2.05, 4.69) is 26.1 Å². The van der Waals surface area contributed by atoms with E-state index in [9.17, 15) is 9.59 Å². The number of carbonyl (C=O) groups excluding carboxylic acids is 1. The molecule has 1 N–H and O–H groups in total. The van der Waals surface area contributed by atoms with E-state index in [-0.39, 0.29) is 11.3 Å². The third-order valence-electron chi connectivity index (χ3n) is 4.61. The second kappa shape index (κ2) is 6.95. The predicted octanol–water partition coefficient (Wildman–Crippen LogP) is 4.10. The number of rotatable bonds is 4. The average Bonchev–Trinajstić information content (AvgIpc) is 2.95. The van der Waals surface area contributed by atoms with Gasteiger partial charge < -0.3 is 14.5 Å². The van der Waals surface area contributed by atoms with Gasteiger partial charge in [-0.05, 0) is 42.2 Å². The van der Waals surface area contributed by atoms with Gasteiger partial charge in [0.2, 0.25) is 5.91 Å². The monoisotopic (exact) mass is 368 g/mol. The highest BCUT2D eigenvalue weighted by atomic mass is 16.5. The number of anilines is 1. The molecule has 6 heteroatoms. The van der Waals surface area contributed by atoms with Crippen LogP contribution in [0.25, 0.3) is 11.1 Å². The fourth-order valence-corrected chi connectivity index (χ4v) is 2.98. The van der Waals surface area contributed by atoms with E-state index < -0.39 is 11.8 Å². The fraction of sp³-hybridized carbons (Fsp3) is 0.333. The summed E-state index contributed by atoms with van der Waals surface area (Å²) < 4.78 is 12.0. The van der Waals surface area contributed by atoms with Crippen LogP contribution < -0.4 is 15.8 Å². The zero-order chi connectivity index (χ0) is 19.8. The summed E-state index contributed by atoms with van der Waals surface area (Å²) >= 11 is 0. The summed E-state index contributed by atoms with van der Waals surface area (Å²) in [6, 6.07) is 12.0. The molecule has 142 valence electrons. The highest BCUT2D eigenvalue weighted by molar-refractivity contribution is 5.95. The highest BCUT2D eigenvalue weighted by Crippen LogP contribution is 2.32. The molecule has 1 heterocycles. The summed E-state index contributed by atoms with van der Waals surface area (Å²) in [5.74, 6) is -0.324. The number of ether oxygens (including phenoxy) is 1. The second-order valence-electron chi connectivity index (χ2n) is 7.54. The average molecular weight is 368 g/mol. The van der Waals surface area contributed by atoms with Crippen LogP contribution in [0.3, 0.4) is 0 Å². The summed E-state index contributed by atoms with van der Waals surface area (Å²) in [6.07, 6.45) is 0. The Bertz CT molecular complexity index is 1040. The normalized spacial score (nSPS) is 12.8. The van der Waals surface area contributed by atoms with Crippen molar-refractivity contribution in [1.29, 1.82) is 0 Å². The lowest BCUT2D eigenvalue weighted by Gasteiger charge is -2.22. The first-order chi connectivity index (χ1) is 12.7. The van der Waals surface area contributed by atoms with Gasteiger partial charge in [0.05, 0.1) is 18.3 Å². The summed E-state index contributed by atoms with van der Waals surface area (Å²) in [5, 5.41) is 2.89. The van der Waals surface area contributed by atoms with Crippen molar-refractivity contribution in [1.82, 2.24) is 4.57 Å². The molecule has 3 rings (SSSR count). The van der Waals surface area contributed by atoms with Crippen molar-refractivity contribution in [2.24, 2.45) is 0 Å². The molecule has 0 aliphatic carbocycles. The molecule has 1 atom stereocenters. The van der Waals surface area contributed by atoms with Gasteiger partial charge in [-0.25, -0.2) is 4.79 Å². The predicted molar refractivity (Wildman–Crippen MR) is 106 cm³/mol. The van der Waals surface area contributed by atoms with Crippen molar-refractivity contribution in [2.45, 2.75) is 39.2 Å². The third kappa shape index (κ3) is 3.60. The van der Waals surface area contributed by atoms with Gasteiger partial charge in [0.15, 0.2) is 5.58 Å². The fourth-order valence-electron chi connectivity index (χ4n) is 2.98. The van der Waals surface area contributed by atoms with Gasteiger partial charge in [0, 0.05) is 0 Å². The van der Waals surface area contributed by atoms with Gasteiger partial charge in [0.25, 0.3) is 0 Å². The van der Waals surface area contributed by atoms with Crippen molar-refractivity contribution in [3.05, 3.63) is 58.6 Å². The zero-order valence-electron chi connectivity index (χ0n) is 16.2. The number of oxazole rings is 1. The molecular formula is C21H24N2O4. The van der Waals surface area contributed by atoms with Gasteiger partial charge in [0.1, 0.15) is 11.8 Å². The van der Waals surface area contributed by atoms with Gasteiger partial charge in [-0.3, -0.25) is 9.36 Å². The number of hydrogen-bond donors (Lipinski definition) is 1. The van der Waals surface area contributed by atoms with E-state index in [4.69, 9.17) is 9.15 Å². The molecule has 0 aliphatic rings. The minimum Gasteiger partial charge on any atom is -0.495 e. The first-order valence-corrected chi connectivity index (χ1v) is 8.82. The molecule has 3 aromatic rings. The molecule has 2 aromatic carbocycles. The lowest BCUT2D eigenvalue weighted by atomic mass is 9.87. The van der Waals surface area contributed by atoms with Crippen LogP contribution in [0.5, 0.6) is 5.75 Å². The van der Waals surface area contributed by atoms with E-state index in [1.807, 2.05) is 18.2 Å². The maximum atomic E-state index is 12.9. The number of nitrogens with zero attached hydrogens (tertiary/aromatic N) is 1. The number of aromatic nitrogens is 1. The molecule has 1 amide bonds. The number of hydrogen-bond acceptors (Lipinski definition) is 4. The SMILES string of the molecule is COc1ccc(C(C)(C)C)cc1NC(=O)C(C)n1c(=O)oc2ccccc21. The summed E-state index contributed by atoms with van der Waals surface area (Å²) in [4.78, 5) is 25.1. The minimum absolute atomic E-state index is 0.0743. The third-order valence-corrected chi connectivity index (χ3v) is 4.61. The van der Waals surface area contributed by atoms with E-state index in [0.29, 0.717) is 22.5 Å². The number of benzene rings is 2. The topological polar surface area (TPSA) is 73.5 Å². The highest BCUT2D eigenvalue weighted by Gasteiger charge is 2.23. The Morgan fingerprint density at radius 2 is 1.89 bits per heavy atom. The number of nitrogens with one attached hydrogen (secondary N) is 1. The van der Waals surface area contributed by atoms with Crippen molar-refractivity contribution in [3.63, 3.8) is 0 Å². The number of methoxy groups -OCH3 is 1. The lowest BCUT2D eigenvalue weighted by Crippen LogP contribution is -2.29. The second-order valence-corrected chi connectivity index (χ2v) is 7.54. The minimum atomic E-state index is -0.746. The molecule has 0 radical (unpaired) electrons. The Morgan fingerprint density at radius 1 is 1.19 bits per heavy atom. The largest absolute Gasteiger partial charge is 0.495 e. The van der Waals surface area contributed by atoms with Crippen LogP contribution in [0.15, 0.2) is 51.7 Å². The van der Waals surface area contributed by atoms with Crippen LogP contribution in [0.1, 0.15) is 39.3 Å². The summed E-state index contributed by atoms with van der Waals surface area (Å²) in [5.41, 5.74) is 2.60. The Kier molecular flexibility index (Phi) is 4.83. The van der Waals surface area contributed by atoms with E-state index in [0.717, 1.165) is 5.56 Å². The van der Waals surface area contributed by atoms with E-state index in [1.54, 1.807) is 38.3 Å². The van der Waals surface area contributed by atoms with Crippen molar-refractivity contribution < 1.29 is 13.9 Å². The first-order valence-electron chi connectivity index (χ1n) is 8.82. The molecule has 0 saturated carbocycles. The molecular weight excluding hydrogens is 344 g/mol. The lowest BCUT2D eigenvalue weighted by molar-refractivity contribution is -0.118. The van der Waals surface area contributed by atoms with Gasteiger partial charge >= 0.3 is 5.76 Å². The molecule has 0 aliphatic heterocycles. The van der Waals surface area contributed by atoms with E-state index in [1.165, 1.54) is 4.57 Å². The van der Waals surface area contributed by atoms with Gasteiger partial charge in [-0.15, -0.1) is 0 Å². The van der Waals surface area contributed by atoms with Crippen molar-refractivity contribution >= 4 is 22.7 Å². The summed E-state index contributed by atoms with van der Waals surface area (Å²) in [6.45, 7) is 7.96. The molecule has 1 unspecified atom stereocenters. The smallest absolute Gasteiger partial charge is 0.420 e. The van der Waals surface area contributed by atoms with Crippen LogP contribution in [0, 0.1) is 0 Å². The van der Waals surface area contributed by atoms with Crippen LogP contribution >= 0.6 is 0 Å². The van der Waals surface area contributed by atoms with Gasteiger partial charge in [-0.2, -0.15) is 0 Å². The number of amides is 1. The van der Waals surface area contributed by atoms with Crippen LogP contribution in [0.2, 0.25) is 0 Å². The maximum Gasteiger partial charge on any atom is 0.420 e. The summed E-state index contributed by atoms with van der Waals surface area (Å²) in [7, 11) is 1.55. The van der Waals surface area contributed by atoms with E-state index >= 15 is 0 Å². The van der Waals surface area contributed by atoms with Crippen LogP contribution in [-0.2, 0) is 10.2 Å². The Labute approximate surface area is 157 Å². The van der Waals surface area contributed by atoms with Crippen molar-refractivity contribution in [3.8, 4) is 5.75 Å². The van der Waals surface area contributed by atoms with Gasteiger partial charge in [-0.1, -0.05) is 39.0 Å². The number of carbonyl (C=O) groups is 1. The molecule has 0 spiro atoms. The Morgan fingerprint density at radius 3 is 2.56 bits per heavy atom. The standard InChI is InChI=1S/C21H24N2O4/c1-13(23-16-8-6-7-9-18(16)27-20(23)25)19(24)22-15-12-14(21(2,3)4)10-11-17(15)26-5/h6-13H,1-5H3,(H,22,24). The van der Waals surface area contributed by atoms with Crippen LogP contribution in [-0.4, -0.2) is 17.6 Å². The number of fused-ring (bicyclic) bond motifs is 1. The molecule has 27 heavy (non-hydrogen) atoms. The maximum absolute atomic E-state index is 12.9. The first kappa shape index (κ1) is 18.8. The molecule has 0 fully saturated rings. The Hall–Kier alpha value is -3.02. The van der Waals surface area contributed by atoms with Crippen molar-refractivity contribution in [2.75, 3.05) is 12.4 Å². The molecule has 6 nitrogen and oxygen atoms in total. The molecule has 0 saturated heterocycles. The number of para-hydroxylation sites is 2. The molecule has 0 bridgehead atoms. The zero-order valence-corrected chi connectivity index (χ0v) is 16.2. The Balaban J connectivity index is 1.95. The molecule has 1 aromatic heterocycles. The quantitative estimate of drug-likeness (QED) is 0.752. The van der Waals surface area contributed by atoms with Crippen LogP contribution in [0.4, 0.5) is 5.69 Å².